The van der Waals surface area contributed by atoms with Gasteiger partial charge in [0.2, 0.25) is 5.91 Å². The van der Waals surface area contributed by atoms with E-state index in [0.29, 0.717) is 32.0 Å². The zero-order valence-electron chi connectivity index (χ0n) is 14.3. The van der Waals surface area contributed by atoms with E-state index >= 15 is 0 Å². The molecule has 0 unspecified atom stereocenters. The Bertz CT molecular complexity index is 566. The number of carbonyl (C=O) groups excluding carboxylic acids is 1. The van der Waals surface area contributed by atoms with Crippen LogP contribution in [-0.4, -0.2) is 25.2 Å². The SMILES string of the molecule is CC(C)c1ccc(C[C@@H](C)NC(=O)C2(C#N)CCOCC2)cc1. The van der Waals surface area contributed by atoms with Crippen LogP contribution in [0.25, 0.3) is 0 Å². The molecule has 1 atom stereocenters. The average Bonchev–Trinajstić information content (AvgIpc) is 2.55. The summed E-state index contributed by atoms with van der Waals surface area (Å²) in [5, 5.41) is 12.4. The van der Waals surface area contributed by atoms with Crippen LogP contribution in [0.15, 0.2) is 24.3 Å². The number of benzene rings is 1. The summed E-state index contributed by atoms with van der Waals surface area (Å²) in [5.74, 6) is 0.361. The summed E-state index contributed by atoms with van der Waals surface area (Å²) < 4.78 is 5.28. The van der Waals surface area contributed by atoms with Crippen molar-refractivity contribution in [2.24, 2.45) is 5.41 Å². The first-order chi connectivity index (χ1) is 11.0. The minimum atomic E-state index is -0.923. The quantitative estimate of drug-likeness (QED) is 0.908. The Hall–Kier alpha value is -1.86. The summed E-state index contributed by atoms with van der Waals surface area (Å²) in [6.07, 6.45) is 1.72. The molecule has 23 heavy (non-hydrogen) atoms. The highest BCUT2D eigenvalue weighted by atomic mass is 16.5. The molecular weight excluding hydrogens is 288 g/mol. The van der Waals surface area contributed by atoms with Gasteiger partial charge in [0.15, 0.2) is 0 Å². The number of nitriles is 1. The lowest BCUT2D eigenvalue weighted by Gasteiger charge is -2.30. The Morgan fingerprint density at radius 3 is 2.39 bits per heavy atom. The van der Waals surface area contributed by atoms with E-state index in [0.717, 1.165) is 6.42 Å². The van der Waals surface area contributed by atoms with Gasteiger partial charge in [-0.25, -0.2) is 0 Å². The summed E-state index contributed by atoms with van der Waals surface area (Å²) in [6, 6.07) is 10.7. The zero-order chi connectivity index (χ0) is 16.9. The van der Waals surface area contributed by atoms with Crippen LogP contribution in [0, 0.1) is 16.7 Å². The van der Waals surface area contributed by atoms with Crippen molar-refractivity contribution in [2.75, 3.05) is 13.2 Å². The zero-order valence-corrected chi connectivity index (χ0v) is 14.3. The van der Waals surface area contributed by atoms with Crippen LogP contribution in [0.5, 0.6) is 0 Å². The van der Waals surface area contributed by atoms with Crippen molar-refractivity contribution in [1.82, 2.24) is 5.32 Å². The van der Waals surface area contributed by atoms with Gasteiger partial charge in [0.25, 0.3) is 0 Å². The van der Waals surface area contributed by atoms with Gasteiger partial charge in [-0.2, -0.15) is 5.26 Å². The van der Waals surface area contributed by atoms with Crippen molar-refractivity contribution in [1.29, 1.82) is 5.26 Å². The van der Waals surface area contributed by atoms with E-state index in [1.54, 1.807) is 0 Å². The predicted octanol–water partition coefficient (Wildman–Crippen LogP) is 3.18. The summed E-state index contributed by atoms with van der Waals surface area (Å²) in [6.45, 7) is 7.29. The van der Waals surface area contributed by atoms with Gasteiger partial charge in [-0.05, 0) is 43.2 Å². The fourth-order valence-electron chi connectivity index (χ4n) is 2.91. The molecule has 1 amide bonds. The van der Waals surface area contributed by atoms with Crippen molar-refractivity contribution in [3.63, 3.8) is 0 Å². The van der Waals surface area contributed by atoms with Crippen molar-refractivity contribution < 1.29 is 9.53 Å². The van der Waals surface area contributed by atoms with Gasteiger partial charge in [-0.3, -0.25) is 4.79 Å². The van der Waals surface area contributed by atoms with Crippen LogP contribution < -0.4 is 5.32 Å². The van der Waals surface area contributed by atoms with Crippen LogP contribution in [0.4, 0.5) is 0 Å². The van der Waals surface area contributed by atoms with Gasteiger partial charge in [0.1, 0.15) is 5.41 Å². The lowest BCUT2D eigenvalue weighted by atomic mass is 9.80. The molecule has 1 N–H and O–H groups in total. The molecule has 4 nitrogen and oxygen atoms in total. The normalized spacial score (nSPS) is 18.2. The lowest BCUT2D eigenvalue weighted by molar-refractivity contribution is -0.133. The van der Waals surface area contributed by atoms with Gasteiger partial charge >= 0.3 is 0 Å². The van der Waals surface area contributed by atoms with Crippen LogP contribution >= 0.6 is 0 Å². The molecule has 4 heteroatoms. The lowest BCUT2D eigenvalue weighted by Crippen LogP contribution is -2.47. The Morgan fingerprint density at radius 2 is 1.87 bits per heavy atom. The predicted molar refractivity (Wildman–Crippen MR) is 89.9 cm³/mol. The Morgan fingerprint density at radius 1 is 1.26 bits per heavy atom. The first kappa shape index (κ1) is 17.5. The fraction of sp³-hybridized carbons (Fsp3) is 0.579. The van der Waals surface area contributed by atoms with Crippen LogP contribution in [0.1, 0.15) is 50.7 Å². The summed E-state index contributed by atoms with van der Waals surface area (Å²) >= 11 is 0. The van der Waals surface area contributed by atoms with E-state index in [2.05, 4.69) is 49.5 Å². The topological polar surface area (TPSA) is 62.1 Å². The second kappa shape index (κ2) is 7.61. The average molecular weight is 314 g/mol. The van der Waals surface area contributed by atoms with Gasteiger partial charge in [-0.1, -0.05) is 38.1 Å². The summed E-state index contributed by atoms with van der Waals surface area (Å²) in [7, 11) is 0. The Balaban J connectivity index is 1.94. The molecule has 0 saturated carbocycles. The van der Waals surface area contributed by atoms with E-state index in [4.69, 9.17) is 4.74 Å². The molecule has 0 aliphatic carbocycles. The third-order valence-corrected chi connectivity index (χ3v) is 4.56. The largest absolute Gasteiger partial charge is 0.381 e. The number of carbonyl (C=O) groups is 1. The van der Waals surface area contributed by atoms with Gasteiger partial charge in [-0.15, -0.1) is 0 Å². The number of amides is 1. The van der Waals surface area contributed by atoms with Crippen molar-refractivity contribution in [2.45, 2.75) is 52.0 Å². The Kier molecular flexibility index (Phi) is 5.79. The van der Waals surface area contributed by atoms with Crippen molar-refractivity contribution in [3.05, 3.63) is 35.4 Å². The number of rotatable bonds is 5. The first-order valence-corrected chi connectivity index (χ1v) is 8.35. The third kappa shape index (κ3) is 4.33. The van der Waals surface area contributed by atoms with E-state index < -0.39 is 5.41 Å². The highest BCUT2D eigenvalue weighted by Crippen LogP contribution is 2.30. The van der Waals surface area contributed by atoms with Crippen LogP contribution in [0.2, 0.25) is 0 Å². The molecule has 124 valence electrons. The number of ether oxygens (including phenoxy) is 1. The smallest absolute Gasteiger partial charge is 0.240 e. The standard InChI is InChI=1S/C19H26N2O2/c1-14(2)17-6-4-16(5-7-17)12-15(3)21-18(22)19(13-20)8-10-23-11-9-19/h4-7,14-15H,8-12H2,1-3H3,(H,21,22)/t15-/m1/s1. The molecule has 0 aromatic heterocycles. The minimum Gasteiger partial charge on any atom is -0.381 e. The molecule has 0 spiro atoms. The first-order valence-electron chi connectivity index (χ1n) is 8.35. The van der Waals surface area contributed by atoms with Crippen LogP contribution in [0.3, 0.4) is 0 Å². The van der Waals surface area contributed by atoms with Crippen molar-refractivity contribution >= 4 is 5.91 Å². The molecule has 2 rings (SSSR count). The highest BCUT2D eigenvalue weighted by Gasteiger charge is 2.40. The second-order valence-corrected chi connectivity index (χ2v) is 6.78. The number of hydrogen-bond donors (Lipinski definition) is 1. The molecular formula is C19H26N2O2. The molecule has 1 aliphatic heterocycles. The highest BCUT2D eigenvalue weighted by molar-refractivity contribution is 5.85. The molecule has 1 aliphatic rings. The number of nitrogens with one attached hydrogen (secondary N) is 1. The van der Waals surface area contributed by atoms with Gasteiger partial charge in [0, 0.05) is 19.3 Å². The molecule has 1 fully saturated rings. The summed E-state index contributed by atoms with van der Waals surface area (Å²) in [5.41, 5.74) is 1.59. The number of nitrogens with zero attached hydrogens (tertiary/aromatic N) is 1. The van der Waals surface area contributed by atoms with Gasteiger partial charge < -0.3 is 10.1 Å². The van der Waals surface area contributed by atoms with E-state index in [1.807, 2.05) is 6.92 Å². The molecule has 1 heterocycles. The Labute approximate surface area is 138 Å². The maximum atomic E-state index is 12.5. The maximum absolute atomic E-state index is 12.5. The molecule has 0 radical (unpaired) electrons. The minimum absolute atomic E-state index is 0.000435. The van der Waals surface area contributed by atoms with Crippen LogP contribution in [-0.2, 0) is 16.0 Å². The maximum Gasteiger partial charge on any atom is 0.240 e. The summed E-state index contributed by atoms with van der Waals surface area (Å²) in [4.78, 5) is 12.5. The van der Waals surface area contributed by atoms with E-state index in [-0.39, 0.29) is 11.9 Å². The third-order valence-electron chi connectivity index (χ3n) is 4.56. The van der Waals surface area contributed by atoms with E-state index in [9.17, 15) is 10.1 Å². The fourth-order valence-corrected chi connectivity index (χ4v) is 2.91. The number of hydrogen-bond acceptors (Lipinski definition) is 3. The van der Waals surface area contributed by atoms with E-state index in [1.165, 1.54) is 11.1 Å². The monoisotopic (exact) mass is 314 g/mol. The van der Waals surface area contributed by atoms with Crippen molar-refractivity contribution in [3.8, 4) is 6.07 Å². The molecule has 1 aromatic rings. The van der Waals surface area contributed by atoms with Gasteiger partial charge in [0.05, 0.1) is 6.07 Å². The molecule has 0 bridgehead atoms. The second-order valence-electron chi connectivity index (χ2n) is 6.78. The molecule has 1 saturated heterocycles. The molecule has 1 aromatic carbocycles.